The normalized spacial score (nSPS) is 33.5. The van der Waals surface area contributed by atoms with Gasteiger partial charge in [0.05, 0.1) is 5.84 Å². The van der Waals surface area contributed by atoms with Crippen molar-refractivity contribution >= 4 is 5.84 Å². The molecule has 0 aromatic carbocycles. The number of amidine groups is 1. The van der Waals surface area contributed by atoms with E-state index in [0.29, 0.717) is 5.84 Å². The average Bonchev–Trinajstić information content (AvgIpc) is 2.60. The second-order valence-corrected chi connectivity index (χ2v) is 4.36. The summed E-state index contributed by atoms with van der Waals surface area (Å²) in [4.78, 5) is 2.54. The van der Waals surface area contributed by atoms with Gasteiger partial charge in [-0.2, -0.15) is 0 Å². The molecule has 2 rings (SSSR count). The lowest BCUT2D eigenvalue weighted by atomic mass is 10.0. The van der Waals surface area contributed by atoms with Crippen molar-refractivity contribution in [2.75, 3.05) is 13.1 Å². The van der Waals surface area contributed by atoms with Gasteiger partial charge in [0.15, 0.2) is 0 Å². The molecule has 0 aromatic rings. The Hall–Kier alpha value is -0.570. The van der Waals surface area contributed by atoms with E-state index in [4.69, 9.17) is 11.1 Å². The van der Waals surface area contributed by atoms with Crippen LogP contribution >= 0.6 is 0 Å². The monoisotopic (exact) mass is 181 g/mol. The topological polar surface area (TPSA) is 53.1 Å². The molecule has 0 radical (unpaired) electrons. The fraction of sp³-hybridized carbons (Fsp3) is 0.900. The SMILES string of the molecule is N=C(N)CCN1CCC2CCCC21. The molecule has 2 fully saturated rings. The van der Waals surface area contributed by atoms with Gasteiger partial charge < -0.3 is 5.73 Å². The molecule has 1 saturated heterocycles. The van der Waals surface area contributed by atoms with Gasteiger partial charge in [-0.05, 0) is 31.7 Å². The lowest BCUT2D eigenvalue weighted by molar-refractivity contribution is 0.247. The molecule has 1 aliphatic carbocycles. The quantitative estimate of drug-likeness (QED) is 0.507. The molecule has 2 aliphatic rings. The van der Waals surface area contributed by atoms with Crippen molar-refractivity contribution in [2.24, 2.45) is 11.7 Å². The van der Waals surface area contributed by atoms with Crippen molar-refractivity contribution in [3.8, 4) is 0 Å². The van der Waals surface area contributed by atoms with E-state index >= 15 is 0 Å². The first-order chi connectivity index (χ1) is 6.27. The molecule has 0 aromatic heterocycles. The summed E-state index contributed by atoms with van der Waals surface area (Å²) in [5.41, 5.74) is 5.36. The summed E-state index contributed by atoms with van der Waals surface area (Å²) >= 11 is 0. The molecule has 1 heterocycles. The summed E-state index contributed by atoms with van der Waals surface area (Å²) in [6.45, 7) is 2.25. The largest absolute Gasteiger partial charge is 0.388 e. The second kappa shape index (κ2) is 3.66. The molecule has 74 valence electrons. The van der Waals surface area contributed by atoms with Crippen molar-refractivity contribution in [1.29, 1.82) is 5.41 Å². The molecule has 2 atom stereocenters. The zero-order chi connectivity index (χ0) is 9.26. The highest BCUT2D eigenvalue weighted by Crippen LogP contribution is 2.37. The van der Waals surface area contributed by atoms with Crippen LogP contribution in [0.1, 0.15) is 32.1 Å². The van der Waals surface area contributed by atoms with Crippen molar-refractivity contribution in [2.45, 2.75) is 38.1 Å². The van der Waals surface area contributed by atoms with Crippen LogP contribution in [0.5, 0.6) is 0 Å². The summed E-state index contributed by atoms with van der Waals surface area (Å²) in [7, 11) is 0. The molecule has 1 saturated carbocycles. The highest BCUT2D eigenvalue weighted by molar-refractivity contribution is 5.76. The number of likely N-dealkylation sites (tertiary alicyclic amines) is 1. The Balaban J connectivity index is 1.83. The Morgan fingerprint density at radius 3 is 3.00 bits per heavy atom. The van der Waals surface area contributed by atoms with Crippen LogP contribution in [-0.4, -0.2) is 29.9 Å². The van der Waals surface area contributed by atoms with E-state index in [-0.39, 0.29) is 0 Å². The number of nitrogens with two attached hydrogens (primary N) is 1. The lowest BCUT2D eigenvalue weighted by Gasteiger charge is -2.22. The number of hydrogen-bond acceptors (Lipinski definition) is 2. The fourth-order valence-electron chi connectivity index (χ4n) is 2.87. The van der Waals surface area contributed by atoms with Gasteiger partial charge in [0.25, 0.3) is 0 Å². The number of nitrogens with one attached hydrogen (secondary N) is 1. The van der Waals surface area contributed by atoms with Crippen LogP contribution < -0.4 is 5.73 Å². The number of hydrogen-bond donors (Lipinski definition) is 2. The van der Waals surface area contributed by atoms with Crippen LogP contribution in [0, 0.1) is 11.3 Å². The van der Waals surface area contributed by atoms with E-state index in [0.717, 1.165) is 24.9 Å². The van der Waals surface area contributed by atoms with Crippen LogP contribution in [0.4, 0.5) is 0 Å². The number of fused-ring (bicyclic) bond motifs is 1. The predicted octanol–water partition coefficient (Wildman–Crippen LogP) is 1.19. The van der Waals surface area contributed by atoms with Crippen LogP contribution in [0.2, 0.25) is 0 Å². The predicted molar refractivity (Wildman–Crippen MR) is 53.9 cm³/mol. The third-order valence-electron chi connectivity index (χ3n) is 3.54. The highest BCUT2D eigenvalue weighted by atomic mass is 15.2. The maximum absolute atomic E-state index is 7.20. The third-order valence-corrected chi connectivity index (χ3v) is 3.54. The molecular weight excluding hydrogens is 162 g/mol. The third kappa shape index (κ3) is 1.85. The minimum absolute atomic E-state index is 0.335. The van der Waals surface area contributed by atoms with Gasteiger partial charge in [0, 0.05) is 19.0 Å². The summed E-state index contributed by atoms with van der Waals surface area (Å²) in [5.74, 6) is 1.30. The standard InChI is InChI=1S/C10H19N3/c11-10(12)5-7-13-6-4-8-2-1-3-9(8)13/h8-9H,1-7H2,(H3,11,12). The maximum atomic E-state index is 7.20. The van der Waals surface area contributed by atoms with Crippen molar-refractivity contribution in [3.05, 3.63) is 0 Å². The van der Waals surface area contributed by atoms with E-state index in [1.165, 1.54) is 32.2 Å². The second-order valence-electron chi connectivity index (χ2n) is 4.36. The Bertz CT molecular complexity index is 202. The summed E-state index contributed by atoms with van der Waals surface area (Å²) in [5, 5.41) is 7.20. The first-order valence-electron chi connectivity index (χ1n) is 5.34. The van der Waals surface area contributed by atoms with E-state index in [1.54, 1.807) is 0 Å². The highest BCUT2D eigenvalue weighted by Gasteiger charge is 2.36. The molecule has 0 amide bonds. The average molecular weight is 181 g/mol. The van der Waals surface area contributed by atoms with Crippen LogP contribution in [0.3, 0.4) is 0 Å². The van der Waals surface area contributed by atoms with Gasteiger partial charge >= 0.3 is 0 Å². The molecule has 13 heavy (non-hydrogen) atoms. The van der Waals surface area contributed by atoms with E-state index in [9.17, 15) is 0 Å². The van der Waals surface area contributed by atoms with E-state index in [2.05, 4.69) is 4.90 Å². The van der Waals surface area contributed by atoms with E-state index in [1.807, 2.05) is 0 Å². The molecular formula is C10H19N3. The Labute approximate surface area is 79.8 Å². The van der Waals surface area contributed by atoms with Crippen molar-refractivity contribution < 1.29 is 0 Å². The summed E-state index contributed by atoms with van der Waals surface area (Å²) < 4.78 is 0. The number of rotatable bonds is 3. The summed E-state index contributed by atoms with van der Waals surface area (Å²) in [6, 6.07) is 0.833. The first-order valence-corrected chi connectivity index (χ1v) is 5.34. The lowest BCUT2D eigenvalue weighted by Crippen LogP contribution is -2.32. The maximum Gasteiger partial charge on any atom is 0.0918 e. The van der Waals surface area contributed by atoms with Gasteiger partial charge in [-0.1, -0.05) is 6.42 Å². The van der Waals surface area contributed by atoms with Crippen molar-refractivity contribution in [1.82, 2.24) is 4.90 Å². The molecule has 0 bridgehead atoms. The van der Waals surface area contributed by atoms with Crippen LogP contribution in [0.25, 0.3) is 0 Å². The minimum atomic E-state index is 0.335. The van der Waals surface area contributed by atoms with Gasteiger partial charge in [0.1, 0.15) is 0 Å². The Kier molecular flexibility index (Phi) is 2.54. The zero-order valence-electron chi connectivity index (χ0n) is 8.13. The molecule has 3 heteroatoms. The minimum Gasteiger partial charge on any atom is -0.388 e. The summed E-state index contributed by atoms with van der Waals surface area (Å²) in [6.07, 6.45) is 6.35. The number of nitrogens with zero attached hydrogens (tertiary/aromatic N) is 1. The molecule has 3 N–H and O–H groups in total. The van der Waals surface area contributed by atoms with Gasteiger partial charge in [-0.25, -0.2) is 0 Å². The van der Waals surface area contributed by atoms with Gasteiger partial charge in [-0.15, -0.1) is 0 Å². The smallest absolute Gasteiger partial charge is 0.0918 e. The van der Waals surface area contributed by atoms with Crippen LogP contribution in [0.15, 0.2) is 0 Å². The zero-order valence-corrected chi connectivity index (χ0v) is 8.13. The van der Waals surface area contributed by atoms with Gasteiger partial charge in [-0.3, -0.25) is 10.3 Å². The Morgan fingerprint density at radius 2 is 2.23 bits per heavy atom. The van der Waals surface area contributed by atoms with Gasteiger partial charge in [0.2, 0.25) is 0 Å². The Morgan fingerprint density at radius 1 is 1.38 bits per heavy atom. The molecule has 0 spiro atoms. The fourth-order valence-corrected chi connectivity index (χ4v) is 2.87. The van der Waals surface area contributed by atoms with E-state index < -0.39 is 0 Å². The molecule has 2 unspecified atom stereocenters. The molecule has 1 aliphatic heterocycles. The molecule has 3 nitrogen and oxygen atoms in total. The first kappa shape index (κ1) is 9.00. The van der Waals surface area contributed by atoms with Crippen molar-refractivity contribution in [3.63, 3.8) is 0 Å². The van der Waals surface area contributed by atoms with Crippen LogP contribution in [-0.2, 0) is 0 Å².